The summed E-state index contributed by atoms with van der Waals surface area (Å²) in [6, 6.07) is 0. The number of hydrogen-bond acceptors (Lipinski definition) is 7. The molecule has 0 heterocycles. The van der Waals surface area contributed by atoms with Gasteiger partial charge in [0.05, 0.1) is 34.4 Å². The lowest BCUT2D eigenvalue weighted by Crippen LogP contribution is -2.37. The SMILES string of the molecule is CC(=O)O[C@H](COC(C)O)COP(=O)(O)OCC[N+](C)(C)C. The summed E-state index contributed by atoms with van der Waals surface area (Å²) in [6.07, 6.45) is -1.98. The van der Waals surface area contributed by atoms with E-state index >= 15 is 0 Å². The second kappa shape index (κ2) is 9.57. The van der Waals surface area contributed by atoms with Crippen LogP contribution in [0.3, 0.4) is 0 Å². The first-order chi connectivity index (χ1) is 9.91. The summed E-state index contributed by atoms with van der Waals surface area (Å²) < 4.78 is 31.6. The highest BCUT2D eigenvalue weighted by atomic mass is 31.2. The number of phosphoric acid groups is 1. The molecule has 132 valence electrons. The predicted octanol–water partition coefficient (Wildman–Crippen LogP) is 0.113. The smallest absolute Gasteiger partial charge is 0.458 e. The number of carbonyl (C=O) groups is 1. The summed E-state index contributed by atoms with van der Waals surface area (Å²) >= 11 is 0. The third-order valence-corrected chi connectivity index (χ3v) is 3.28. The molecule has 0 aromatic rings. The van der Waals surface area contributed by atoms with E-state index in [4.69, 9.17) is 23.6 Å². The molecule has 0 fully saturated rings. The highest BCUT2D eigenvalue weighted by Gasteiger charge is 2.26. The van der Waals surface area contributed by atoms with Crippen LogP contribution in [0, 0.1) is 0 Å². The molecule has 0 spiro atoms. The van der Waals surface area contributed by atoms with Crippen molar-refractivity contribution in [3.8, 4) is 0 Å². The minimum atomic E-state index is -4.24. The van der Waals surface area contributed by atoms with Crippen molar-refractivity contribution in [2.45, 2.75) is 26.2 Å². The Balaban J connectivity index is 4.29. The molecule has 22 heavy (non-hydrogen) atoms. The van der Waals surface area contributed by atoms with Crippen LogP contribution in [-0.2, 0) is 27.9 Å². The highest BCUT2D eigenvalue weighted by Crippen LogP contribution is 2.43. The predicted molar refractivity (Wildman–Crippen MR) is 77.8 cm³/mol. The van der Waals surface area contributed by atoms with Gasteiger partial charge in [0.1, 0.15) is 19.3 Å². The second-order valence-corrected chi connectivity index (χ2v) is 7.23. The molecule has 0 aliphatic heterocycles. The molecule has 0 rings (SSSR count). The van der Waals surface area contributed by atoms with E-state index < -0.39 is 26.2 Å². The van der Waals surface area contributed by atoms with Gasteiger partial charge in [-0.2, -0.15) is 0 Å². The van der Waals surface area contributed by atoms with Gasteiger partial charge in [-0.05, 0) is 6.92 Å². The molecule has 2 unspecified atom stereocenters. The molecule has 0 aliphatic carbocycles. The monoisotopic (exact) mass is 344 g/mol. The van der Waals surface area contributed by atoms with Crippen molar-refractivity contribution in [2.75, 3.05) is 47.5 Å². The second-order valence-electron chi connectivity index (χ2n) is 5.78. The van der Waals surface area contributed by atoms with E-state index in [0.29, 0.717) is 11.0 Å². The van der Waals surface area contributed by atoms with Crippen LogP contribution in [-0.4, -0.2) is 80.4 Å². The Bertz CT molecular complexity index is 382. The zero-order chi connectivity index (χ0) is 17.4. The van der Waals surface area contributed by atoms with Gasteiger partial charge in [-0.1, -0.05) is 0 Å². The summed E-state index contributed by atoms with van der Waals surface area (Å²) in [5.41, 5.74) is 0. The number of aliphatic hydroxyl groups is 1. The molecule has 0 aromatic carbocycles. The largest absolute Gasteiger partial charge is 0.472 e. The minimum Gasteiger partial charge on any atom is -0.458 e. The molecule has 0 saturated carbocycles. The number of ether oxygens (including phenoxy) is 2. The standard InChI is InChI=1S/C12H26NO8P/c1-10(14)18-8-12(21-11(2)15)9-20-22(16,17)19-7-6-13(3,4)5/h10,12,14H,6-9H2,1-5H3/p+1/t10?,12-/m1/s1. The van der Waals surface area contributed by atoms with Crippen molar-refractivity contribution in [3.63, 3.8) is 0 Å². The maximum Gasteiger partial charge on any atom is 0.472 e. The molecule has 10 heteroatoms. The van der Waals surface area contributed by atoms with Crippen molar-refractivity contribution in [3.05, 3.63) is 0 Å². The molecular formula is C12H27NO8P+. The molecule has 0 bridgehead atoms. The topological polar surface area (TPSA) is 112 Å². The molecule has 0 aromatic heterocycles. The number of nitrogens with zero attached hydrogens (tertiary/aromatic N) is 1. The first kappa shape index (κ1) is 21.5. The van der Waals surface area contributed by atoms with E-state index in [-0.39, 0.29) is 19.8 Å². The van der Waals surface area contributed by atoms with Crippen LogP contribution in [0.5, 0.6) is 0 Å². The van der Waals surface area contributed by atoms with Crippen LogP contribution in [0.4, 0.5) is 0 Å². The Labute approximate surface area is 130 Å². The minimum absolute atomic E-state index is 0.0414. The molecule has 0 saturated heterocycles. The number of aliphatic hydroxyl groups excluding tert-OH is 1. The maximum atomic E-state index is 11.7. The average molecular weight is 344 g/mol. The Morgan fingerprint density at radius 3 is 2.27 bits per heavy atom. The van der Waals surface area contributed by atoms with Gasteiger partial charge in [-0.3, -0.25) is 13.8 Å². The van der Waals surface area contributed by atoms with Gasteiger partial charge in [0.25, 0.3) is 0 Å². The summed E-state index contributed by atoms with van der Waals surface area (Å²) in [5, 5.41) is 9.02. The number of esters is 1. The van der Waals surface area contributed by atoms with Crippen LogP contribution >= 0.6 is 7.82 Å². The first-order valence-corrected chi connectivity index (χ1v) is 8.30. The van der Waals surface area contributed by atoms with E-state index in [1.807, 2.05) is 21.1 Å². The van der Waals surface area contributed by atoms with Crippen molar-refractivity contribution in [1.82, 2.24) is 0 Å². The van der Waals surface area contributed by atoms with Gasteiger partial charge in [0, 0.05) is 6.92 Å². The molecule has 0 amide bonds. The molecule has 2 N–H and O–H groups in total. The van der Waals surface area contributed by atoms with E-state index in [0.717, 1.165) is 0 Å². The third kappa shape index (κ3) is 13.1. The lowest BCUT2D eigenvalue weighted by atomic mass is 10.4. The van der Waals surface area contributed by atoms with Gasteiger partial charge >= 0.3 is 13.8 Å². The quantitative estimate of drug-likeness (QED) is 0.235. The molecule has 9 nitrogen and oxygen atoms in total. The molecule has 0 radical (unpaired) electrons. The Kier molecular flexibility index (Phi) is 9.33. The van der Waals surface area contributed by atoms with E-state index in [2.05, 4.69) is 0 Å². The van der Waals surface area contributed by atoms with Gasteiger partial charge < -0.3 is 24.0 Å². The van der Waals surface area contributed by atoms with Crippen molar-refractivity contribution in [2.24, 2.45) is 0 Å². The van der Waals surface area contributed by atoms with Crippen LogP contribution in [0.2, 0.25) is 0 Å². The van der Waals surface area contributed by atoms with E-state index in [1.54, 1.807) is 0 Å². The van der Waals surface area contributed by atoms with Gasteiger partial charge in [0.15, 0.2) is 6.29 Å². The van der Waals surface area contributed by atoms with Crippen molar-refractivity contribution in [1.29, 1.82) is 0 Å². The maximum absolute atomic E-state index is 11.7. The fraction of sp³-hybridized carbons (Fsp3) is 0.917. The van der Waals surface area contributed by atoms with E-state index in [9.17, 15) is 14.3 Å². The Morgan fingerprint density at radius 2 is 1.82 bits per heavy atom. The fourth-order valence-electron chi connectivity index (χ4n) is 1.24. The number of carbonyl (C=O) groups excluding carboxylic acids is 1. The van der Waals surface area contributed by atoms with Crippen LogP contribution in [0.25, 0.3) is 0 Å². The fourth-order valence-corrected chi connectivity index (χ4v) is 1.98. The number of quaternary nitrogens is 1. The average Bonchev–Trinajstić information content (AvgIpc) is 2.30. The number of likely N-dealkylation sites (N-methyl/N-ethyl adjacent to an activating group) is 1. The number of phosphoric ester groups is 1. The summed E-state index contributed by atoms with van der Waals surface area (Å²) in [4.78, 5) is 20.5. The summed E-state index contributed by atoms with van der Waals surface area (Å²) in [5.74, 6) is -0.596. The third-order valence-electron chi connectivity index (χ3n) is 2.30. The highest BCUT2D eigenvalue weighted by molar-refractivity contribution is 7.47. The van der Waals surface area contributed by atoms with Gasteiger partial charge in [0.2, 0.25) is 0 Å². The Morgan fingerprint density at radius 1 is 1.23 bits per heavy atom. The first-order valence-electron chi connectivity index (χ1n) is 6.80. The zero-order valence-electron chi connectivity index (χ0n) is 13.7. The van der Waals surface area contributed by atoms with Crippen LogP contribution < -0.4 is 0 Å². The van der Waals surface area contributed by atoms with Crippen LogP contribution in [0.15, 0.2) is 0 Å². The lowest BCUT2D eigenvalue weighted by molar-refractivity contribution is -0.870. The molecule has 0 aliphatic rings. The number of rotatable bonds is 11. The van der Waals surface area contributed by atoms with Crippen molar-refractivity contribution < 1.29 is 42.4 Å². The zero-order valence-corrected chi connectivity index (χ0v) is 14.6. The normalized spacial score (nSPS) is 17.6. The lowest BCUT2D eigenvalue weighted by Gasteiger charge is -2.24. The van der Waals surface area contributed by atoms with Crippen molar-refractivity contribution >= 4 is 13.8 Å². The van der Waals surface area contributed by atoms with Gasteiger partial charge in [-0.15, -0.1) is 0 Å². The van der Waals surface area contributed by atoms with Crippen LogP contribution in [0.1, 0.15) is 13.8 Å². The van der Waals surface area contributed by atoms with E-state index in [1.165, 1.54) is 13.8 Å². The Hall–Kier alpha value is -0.540. The number of hydrogen-bond donors (Lipinski definition) is 2. The van der Waals surface area contributed by atoms with Gasteiger partial charge in [-0.25, -0.2) is 4.57 Å². The molecular weight excluding hydrogens is 317 g/mol. The summed E-state index contributed by atoms with van der Waals surface area (Å²) in [6.45, 7) is 2.58. The molecule has 3 atom stereocenters. The summed E-state index contributed by atoms with van der Waals surface area (Å²) in [7, 11) is 1.50.